The lowest BCUT2D eigenvalue weighted by molar-refractivity contribution is 0.0950. The van der Waals surface area contributed by atoms with Crippen molar-refractivity contribution in [3.05, 3.63) is 65.2 Å². The SMILES string of the molecule is CCN(CC)Cc1ccc(CNC(=O)c2cccc(S(=O)(=O)NC)c2)cc1. The molecular formula is C20H27N3O3S. The molecule has 2 N–H and O–H groups in total. The third-order valence-corrected chi connectivity index (χ3v) is 5.86. The van der Waals surface area contributed by atoms with Crippen molar-refractivity contribution in [3.8, 4) is 0 Å². The van der Waals surface area contributed by atoms with Crippen molar-refractivity contribution < 1.29 is 13.2 Å². The molecule has 0 saturated carbocycles. The molecule has 2 aromatic rings. The van der Waals surface area contributed by atoms with Crippen LogP contribution in [0, 0.1) is 0 Å². The summed E-state index contributed by atoms with van der Waals surface area (Å²) in [5.74, 6) is -0.310. The maximum Gasteiger partial charge on any atom is 0.251 e. The molecule has 2 aromatic carbocycles. The smallest absolute Gasteiger partial charge is 0.251 e. The molecule has 146 valence electrons. The van der Waals surface area contributed by atoms with Crippen LogP contribution in [-0.2, 0) is 23.1 Å². The Balaban J connectivity index is 1.99. The van der Waals surface area contributed by atoms with E-state index >= 15 is 0 Å². The Kier molecular flexibility index (Phi) is 7.53. The van der Waals surface area contributed by atoms with E-state index in [1.165, 1.54) is 24.7 Å². The highest BCUT2D eigenvalue weighted by atomic mass is 32.2. The van der Waals surface area contributed by atoms with Gasteiger partial charge in [0.25, 0.3) is 5.91 Å². The largest absolute Gasteiger partial charge is 0.348 e. The molecule has 0 fully saturated rings. The Bertz CT molecular complexity index is 860. The van der Waals surface area contributed by atoms with Crippen LogP contribution in [0.15, 0.2) is 53.4 Å². The van der Waals surface area contributed by atoms with Crippen molar-refractivity contribution in [3.63, 3.8) is 0 Å². The van der Waals surface area contributed by atoms with Crippen LogP contribution >= 0.6 is 0 Å². The summed E-state index contributed by atoms with van der Waals surface area (Å²) < 4.78 is 26.0. The van der Waals surface area contributed by atoms with Crippen LogP contribution in [0.1, 0.15) is 35.3 Å². The highest BCUT2D eigenvalue weighted by Crippen LogP contribution is 2.12. The van der Waals surface area contributed by atoms with E-state index in [1.807, 2.05) is 12.1 Å². The number of carbonyl (C=O) groups is 1. The van der Waals surface area contributed by atoms with Crippen molar-refractivity contribution in [1.29, 1.82) is 0 Å². The number of benzene rings is 2. The average Bonchev–Trinajstić information content (AvgIpc) is 2.71. The fourth-order valence-electron chi connectivity index (χ4n) is 2.67. The van der Waals surface area contributed by atoms with Crippen molar-refractivity contribution in [2.45, 2.75) is 31.8 Å². The Morgan fingerprint density at radius 3 is 2.22 bits per heavy atom. The molecule has 6 nitrogen and oxygen atoms in total. The Morgan fingerprint density at radius 2 is 1.63 bits per heavy atom. The first-order chi connectivity index (χ1) is 12.9. The van der Waals surface area contributed by atoms with E-state index in [4.69, 9.17) is 0 Å². The Morgan fingerprint density at radius 1 is 1.00 bits per heavy atom. The van der Waals surface area contributed by atoms with E-state index in [0.717, 1.165) is 25.2 Å². The van der Waals surface area contributed by atoms with Crippen LogP contribution in [0.2, 0.25) is 0 Å². The summed E-state index contributed by atoms with van der Waals surface area (Å²) in [5.41, 5.74) is 2.54. The van der Waals surface area contributed by atoms with Crippen LogP contribution in [0.3, 0.4) is 0 Å². The number of carbonyl (C=O) groups excluding carboxylic acids is 1. The van der Waals surface area contributed by atoms with Gasteiger partial charge in [-0.05, 0) is 49.5 Å². The number of hydrogen-bond donors (Lipinski definition) is 2. The molecule has 0 unspecified atom stereocenters. The predicted octanol–water partition coefficient (Wildman–Crippen LogP) is 2.37. The van der Waals surface area contributed by atoms with Crippen molar-refractivity contribution in [2.75, 3.05) is 20.1 Å². The summed E-state index contributed by atoms with van der Waals surface area (Å²) in [5, 5.41) is 2.83. The summed E-state index contributed by atoms with van der Waals surface area (Å²) >= 11 is 0. The molecule has 0 saturated heterocycles. The number of amides is 1. The second kappa shape index (κ2) is 9.64. The number of nitrogens with one attached hydrogen (secondary N) is 2. The summed E-state index contributed by atoms with van der Waals surface area (Å²) in [4.78, 5) is 14.7. The number of sulfonamides is 1. The molecule has 0 radical (unpaired) electrons. The molecule has 0 aliphatic heterocycles. The molecule has 2 rings (SSSR count). The minimum atomic E-state index is -3.57. The van der Waals surface area contributed by atoms with E-state index in [-0.39, 0.29) is 10.8 Å². The van der Waals surface area contributed by atoms with E-state index < -0.39 is 10.0 Å². The van der Waals surface area contributed by atoms with Gasteiger partial charge in [-0.15, -0.1) is 0 Å². The summed E-state index contributed by atoms with van der Waals surface area (Å²) in [7, 11) is -2.24. The van der Waals surface area contributed by atoms with Gasteiger partial charge in [0.05, 0.1) is 4.90 Å². The molecule has 0 heterocycles. The Labute approximate surface area is 161 Å². The molecule has 0 aliphatic rings. The average molecular weight is 390 g/mol. The zero-order valence-electron chi connectivity index (χ0n) is 16.0. The van der Waals surface area contributed by atoms with E-state index in [0.29, 0.717) is 12.1 Å². The molecule has 0 spiro atoms. The van der Waals surface area contributed by atoms with Crippen LogP contribution in [-0.4, -0.2) is 39.4 Å². The van der Waals surface area contributed by atoms with Gasteiger partial charge in [0, 0.05) is 18.7 Å². The van der Waals surface area contributed by atoms with E-state index in [2.05, 4.69) is 40.9 Å². The lowest BCUT2D eigenvalue weighted by Gasteiger charge is -2.18. The molecule has 0 aliphatic carbocycles. The second-order valence-corrected chi connectivity index (χ2v) is 8.08. The second-order valence-electron chi connectivity index (χ2n) is 6.20. The molecular weight excluding hydrogens is 362 g/mol. The summed E-state index contributed by atoms with van der Waals surface area (Å²) in [6.45, 7) is 7.60. The van der Waals surface area contributed by atoms with Crippen LogP contribution in [0.5, 0.6) is 0 Å². The quantitative estimate of drug-likeness (QED) is 0.690. The Hall–Kier alpha value is -2.22. The van der Waals surface area contributed by atoms with Gasteiger partial charge in [-0.2, -0.15) is 0 Å². The summed E-state index contributed by atoms with van der Waals surface area (Å²) in [6, 6.07) is 14.1. The van der Waals surface area contributed by atoms with Crippen LogP contribution in [0.25, 0.3) is 0 Å². The fourth-order valence-corrected chi connectivity index (χ4v) is 3.45. The molecule has 1 amide bonds. The molecule has 7 heteroatoms. The van der Waals surface area contributed by atoms with Crippen LogP contribution < -0.4 is 10.0 Å². The third-order valence-electron chi connectivity index (χ3n) is 4.45. The zero-order chi connectivity index (χ0) is 19.9. The zero-order valence-corrected chi connectivity index (χ0v) is 16.8. The minimum absolute atomic E-state index is 0.0680. The number of hydrogen-bond acceptors (Lipinski definition) is 4. The predicted molar refractivity (Wildman–Crippen MR) is 107 cm³/mol. The van der Waals surface area contributed by atoms with Crippen molar-refractivity contribution in [2.24, 2.45) is 0 Å². The van der Waals surface area contributed by atoms with Gasteiger partial charge in [0.15, 0.2) is 0 Å². The van der Waals surface area contributed by atoms with Crippen molar-refractivity contribution in [1.82, 2.24) is 14.9 Å². The lowest BCUT2D eigenvalue weighted by atomic mass is 10.1. The van der Waals surface area contributed by atoms with Crippen LogP contribution in [0.4, 0.5) is 0 Å². The van der Waals surface area contributed by atoms with Gasteiger partial charge in [0.2, 0.25) is 10.0 Å². The van der Waals surface area contributed by atoms with Gasteiger partial charge >= 0.3 is 0 Å². The summed E-state index contributed by atoms with van der Waals surface area (Å²) in [6.07, 6.45) is 0. The molecule has 0 aromatic heterocycles. The first kappa shape index (κ1) is 21.1. The van der Waals surface area contributed by atoms with Gasteiger partial charge in [-0.1, -0.05) is 44.2 Å². The molecule has 0 bridgehead atoms. The van der Waals surface area contributed by atoms with Crippen molar-refractivity contribution >= 4 is 15.9 Å². The van der Waals surface area contributed by atoms with Gasteiger partial charge in [-0.25, -0.2) is 13.1 Å². The maximum absolute atomic E-state index is 12.3. The molecule has 27 heavy (non-hydrogen) atoms. The van der Waals surface area contributed by atoms with E-state index in [1.54, 1.807) is 12.1 Å². The fraction of sp³-hybridized carbons (Fsp3) is 0.350. The number of nitrogens with zero attached hydrogens (tertiary/aromatic N) is 1. The third kappa shape index (κ3) is 5.89. The first-order valence-corrected chi connectivity index (χ1v) is 10.5. The van der Waals surface area contributed by atoms with Gasteiger partial charge < -0.3 is 5.32 Å². The number of rotatable bonds is 9. The highest BCUT2D eigenvalue weighted by molar-refractivity contribution is 7.89. The minimum Gasteiger partial charge on any atom is -0.348 e. The topological polar surface area (TPSA) is 78.5 Å². The first-order valence-electron chi connectivity index (χ1n) is 9.01. The maximum atomic E-state index is 12.3. The lowest BCUT2D eigenvalue weighted by Crippen LogP contribution is -2.24. The van der Waals surface area contributed by atoms with Gasteiger partial charge in [0.1, 0.15) is 0 Å². The molecule has 0 atom stereocenters. The normalized spacial score (nSPS) is 11.6. The van der Waals surface area contributed by atoms with Gasteiger partial charge in [-0.3, -0.25) is 9.69 Å². The standard InChI is InChI=1S/C20H27N3O3S/c1-4-23(5-2)15-17-11-9-16(10-12-17)14-22-20(24)18-7-6-8-19(13-18)27(25,26)21-3/h6-13,21H,4-5,14-15H2,1-3H3,(H,22,24). The highest BCUT2D eigenvalue weighted by Gasteiger charge is 2.14. The monoisotopic (exact) mass is 389 g/mol. The van der Waals surface area contributed by atoms with E-state index in [9.17, 15) is 13.2 Å².